The van der Waals surface area contributed by atoms with Gasteiger partial charge in [-0.05, 0) is 40.3 Å². The summed E-state index contributed by atoms with van der Waals surface area (Å²) in [6.07, 6.45) is 1.24. The van der Waals surface area contributed by atoms with E-state index in [1.807, 2.05) is 4.57 Å². The average Bonchev–Trinajstić information content (AvgIpc) is 2.88. The van der Waals surface area contributed by atoms with E-state index in [0.717, 1.165) is 18.0 Å². The number of fused-ring (bicyclic) bond motifs is 1. The van der Waals surface area contributed by atoms with Crippen LogP contribution in [0.2, 0.25) is 0 Å². The second-order valence-electron chi connectivity index (χ2n) is 4.81. The lowest BCUT2D eigenvalue weighted by Gasteiger charge is -2.05. The van der Waals surface area contributed by atoms with Crippen molar-refractivity contribution < 1.29 is 4.39 Å². The fourth-order valence-electron chi connectivity index (χ4n) is 2.22. The summed E-state index contributed by atoms with van der Waals surface area (Å²) in [6.45, 7) is 3.11. The van der Waals surface area contributed by atoms with E-state index in [1.54, 1.807) is 6.07 Å². The van der Waals surface area contributed by atoms with Crippen molar-refractivity contribution in [2.75, 3.05) is 5.73 Å². The smallest absolute Gasteiger partial charge is 0.201 e. The van der Waals surface area contributed by atoms with Crippen molar-refractivity contribution in [3.8, 4) is 0 Å². The number of rotatable bonds is 2. The minimum atomic E-state index is -0.304. The van der Waals surface area contributed by atoms with E-state index in [1.165, 1.54) is 12.5 Å². The van der Waals surface area contributed by atoms with Crippen molar-refractivity contribution in [1.82, 2.24) is 9.55 Å². The van der Waals surface area contributed by atoms with Crippen molar-refractivity contribution >= 4 is 32.9 Å². The highest BCUT2D eigenvalue weighted by Gasteiger charge is 2.33. The van der Waals surface area contributed by atoms with E-state index in [0.29, 0.717) is 21.9 Å². The topological polar surface area (TPSA) is 43.8 Å². The van der Waals surface area contributed by atoms with Crippen molar-refractivity contribution in [3.63, 3.8) is 0 Å². The largest absolute Gasteiger partial charge is 0.369 e. The minimum Gasteiger partial charge on any atom is -0.369 e. The summed E-state index contributed by atoms with van der Waals surface area (Å²) in [5.74, 6) is 1.60. The summed E-state index contributed by atoms with van der Waals surface area (Å²) in [6, 6.07) is 3.17. The Bertz CT molecular complexity index is 593. The van der Waals surface area contributed by atoms with E-state index in [2.05, 4.69) is 27.8 Å². The molecule has 0 radical (unpaired) electrons. The third-order valence-electron chi connectivity index (χ3n) is 3.51. The molecular weight excluding hydrogens is 285 g/mol. The molecule has 0 spiro atoms. The summed E-state index contributed by atoms with van der Waals surface area (Å²) in [4.78, 5) is 4.20. The second-order valence-corrected chi connectivity index (χ2v) is 5.66. The molecule has 2 aromatic rings. The van der Waals surface area contributed by atoms with Crippen LogP contribution < -0.4 is 5.73 Å². The molecule has 1 aromatic heterocycles. The zero-order chi connectivity index (χ0) is 12.2. The molecule has 5 heteroatoms. The van der Waals surface area contributed by atoms with Gasteiger partial charge in [0.1, 0.15) is 5.82 Å². The number of imidazole rings is 1. The van der Waals surface area contributed by atoms with Gasteiger partial charge in [-0.2, -0.15) is 0 Å². The monoisotopic (exact) mass is 297 g/mol. The van der Waals surface area contributed by atoms with Crippen molar-refractivity contribution in [2.45, 2.75) is 19.9 Å². The lowest BCUT2D eigenvalue weighted by molar-refractivity contribution is 0.610. The fraction of sp³-hybridized carbons (Fsp3) is 0.417. The van der Waals surface area contributed by atoms with Crippen LogP contribution >= 0.6 is 15.9 Å². The maximum atomic E-state index is 13.4. The minimum absolute atomic E-state index is 0.304. The number of halogens is 2. The van der Waals surface area contributed by atoms with Crippen LogP contribution in [0.5, 0.6) is 0 Å². The second kappa shape index (κ2) is 3.70. The van der Waals surface area contributed by atoms with Crippen LogP contribution in [-0.4, -0.2) is 9.55 Å². The molecule has 3 nitrogen and oxygen atoms in total. The first-order chi connectivity index (χ1) is 8.06. The molecule has 90 valence electrons. The van der Waals surface area contributed by atoms with Gasteiger partial charge in [-0.3, -0.25) is 0 Å². The average molecular weight is 298 g/mol. The number of nitrogens with two attached hydrogens (primary N) is 1. The summed E-state index contributed by atoms with van der Waals surface area (Å²) in [7, 11) is 0. The standard InChI is InChI=1S/C12H13BrFN3/c1-6-2-7(6)5-17-11-3-8(13)9(14)4-10(11)16-12(17)15/h3-4,6-7H,2,5H2,1H3,(H2,15,16). The van der Waals surface area contributed by atoms with Crippen LogP contribution in [0.15, 0.2) is 16.6 Å². The van der Waals surface area contributed by atoms with Gasteiger partial charge >= 0.3 is 0 Å². The summed E-state index contributed by atoms with van der Waals surface area (Å²) in [5.41, 5.74) is 7.41. The summed E-state index contributed by atoms with van der Waals surface area (Å²) >= 11 is 3.20. The maximum absolute atomic E-state index is 13.4. The number of hydrogen-bond donors (Lipinski definition) is 1. The molecule has 0 saturated heterocycles. The first-order valence-corrected chi connectivity index (χ1v) is 6.46. The Morgan fingerprint density at radius 2 is 2.29 bits per heavy atom. The van der Waals surface area contributed by atoms with Gasteiger partial charge in [0, 0.05) is 12.6 Å². The number of anilines is 1. The Morgan fingerprint density at radius 3 is 2.94 bits per heavy atom. The normalized spacial score (nSPS) is 23.2. The van der Waals surface area contributed by atoms with Crippen LogP contribution in [0.4, 0.5) is 10.3 Å². The van der Waals surface area contributed by atoms with Crippen LogP contribution in [0, 0.1) is 17.7 Å². The maximum Gasteiger partial charge on any atom is 0.201 e. The highest BCUT2D eigenvalue weighted by molar-refractivity contribution is 9.10. The van der Waals surface area contributed by atoms with E-state index < -0.39 is 0 Å². The van der Waals surface area contributed by atoms with Gasteiger partial charge in [-0.25, -0.2) is 9.37 Å². The first kappa shape index (κ1) is 11.0. The Morgan fingerprint density at radius 1 is 1.59 bits per heavy atom. The summed E-state index contributed by atoms with van der Waals surface area (Å²) < 4.78 is 15.8. The Kier molecular flexibility index (Phi) is 2.40. The number of aromatic nitrogens is 2. The summed E-state index contributed by atoms with van der Waals surface area (Å²) in [5, 5.41) is 0. The Hall–Kier alpha value is -1.10. The predicted octanol–water partition coefficient (Wildman–Crippen LogP) is 3.18. The third kappa shape index (κ3) is 1.82. The lowest BCUT2D eigenvalue weighted by Crippen LogP contribution is -2.05. The zero-order valence-electron chi connectivity index (χ0n) is 9.45. The van der Waals surface area contributed by atoms with E-state index in [4.69, 9.17) is 5.73 Å². The lowest BCUT2D eigenvalue weighted by atomic mass is 10.3. The molecule has 1 fully saturated rings. The van der Waals surface area contributed by atoms with E-state index >= 15 is 0 Å². The molecule has 17 heavy (non-hydrogen) atoms. The van der Waals surface area contributed by atoms with Crippen LogP contribution in [-0.2, 0) is 6.54 Å². The number of nitrogens with zero attached hydrogens (tertiary/aromatic N) is 2. The molecule has 1 aromatic carbocycles. The van der Waals surface area contributed by atoms with Gasteiger partial charge in [0.2, 0.25) is 5.95 Å². The van der Waals surface area contributed by atoms with E-state index in [9.17, 15) is 4.39 Å². The molecule has 1 heterocycles. The fourth-order valence-corrected chi connectivity index (χ4v) is 2.55. The van der Waals surface area contributed by atoms with Crippen molar-refractivity contribution in [3.05, 3.63) is 22.4 Å². The highest BCUT2D eigenvalue weighted by Crippen LogP contribution is 2.40. The van der Waals surface area contributed by atoms with Gasteiger partial charge < -0.3 is 10.3 Å². The molecule has 2 unspecified atom stereocenters. The number of nitrogen functional groups attached to an aromatic ring is 1. The van der Waals surface area contributed by atoms with Gasteiger partial charge in [0.15, 0.2) is 0 Å². The van der Waals surface area contributed by atoms with Crippen molar-refractivity contribution in [1.29, 1.82) is 0 Å². The molecule has 1 aliphatic carbocycles. The van der Waals surface area contributed by atoms with Gasteiger partial charge in [0.05, 0.1) is 15.5 Å². The molecule has 0 amide bonds. The molecule has 0 bridgehead atoms. The van der Waals surface area contributed by atoms with Crippen LogP contribution in [0.1, 0.15) is 13.3 Å². The molecule has 3 rings (SSSR count). The Labute approximate surface area is 107 Å². The molecule has 0 aliphatic heterocycles. The van der Waals surface area contributed by atoms with Crippen molar-refractivity contribution in [2.24, 2.45) is 11.8 Å². The number of benzene rings is 1. The zero-order valence-corrected chi connectivity index (χ0v) is 11.0. The third-order valence-corrected chi connectivity index (χ3v) is 4.12. The van der Waals surface area contributed by atoms with Gasteiger partial charge in [0.25, 0.3) is 0 Å². The predicted molar refractivity (Wildman–Crippen MR) is 69.1 cm³/mol. The molecule has 1 aliphatic rings. The number of hydrogen-bond acceptors (Lipinski definition) is 2. The SMILES string of the molecule is CC1CC1Cn1c(N)nc2cc(F)c(Br)cc21. The van der Waals surface area contributed by atoms with Gasteiger partial charge in [-0.15, -0.1) is 0 Å². The molecule has 2 atom stereocenters. The van der Waals surface area contributed by atoms with Gasteiger partial charge in [-0.1, -0.05) is 6.92 Å². The van der Waals surface area contributed by atoms with Crippen LogP contribution in [0.3, 0.4) is 0 Å². The Balaban J connectivity index is 2.09. The molecular formula is C12H13BrFN3. The van der Waals surface area contributed by atoms with E-state index in [-0.39, 0.29) is 5.82 Å². The molecule has 1 saturated carbocycles. The first-order valence-electron chi connectivity index (χ1n) is 5.67. The molecule has 2 N–H and O–H groups in total. The quantitative estimate of drug-likeness (QED) is 0.925. The van der Waals surface area contributed by atoms with Crippen LogP contribution in [0.25, 0.3) is 11.0 Å². The highest BCUT2D eigenvalue weighted by atomic mass is 79.9.